The Labute approximate surface area is 72.2 Å². The topological polar surface area (TPSA) is 58.8 Å². The molecule has 1 N–H and O–H groups in total. The fraction of sp³-hybridized carbons (Fsp3) is 0. The Morgan fingerprint density at radius 1 is 1.50 bits per heavy atom. The van der Waals surface area contributed by atoms with E-state index in [9.17, 15) is 0 Å². The van der Waals surface area contributed by atoms with Crippen LogP contribution in [0.2, 0.25) is 5.28 Å². The van der Waals surface area contributed by atoms with Crippen LogP contribution < -0.4 is 0 Å². The average molecular weight is 180 g/mol. The van der Waals surface area contributed by atoms with Crippen LogP contribution in [0, 0.1) is 6.57 Å². The van der Waals surface area contributed by atoms with E-state index in [0.29, 0.717) is 11.0 Å². The fourth-order valence-corrected chi connectivity index (χ4v) is 1.04. The van der Waals surface area contributed by atoms with Crippen LogP contribution in [0.1, 0.15) is 0 Å². The molecule has 12 heavy (non-hydrogen) atoms. The number of hydrogen-bond acceptors (Lipinski definition) is 3. The van der Waals surface area contributed by atoms with E-state index in [1.165, 1.54) is 6.20 Å². The Kier molecular flexibility index (Phi) is 1.42. The number of nitrogens with one attached hydrogen (secondary N) is 1. The van der Waals surface area contributed by atoms with Crippen molar-refractivity contribution in [1.29, 1.82) is 0 Å². The lowest BCUT2D eigenvalue weighted by atomic mass is 10.4. The Bertz CT molecular complexity index is 468. The van der Waals surface area contributed by atoms with Crippen molar-refractivity contribution in [3.05, 3.63) is 22.9 Å². The predicted octanol–water partition coefficient (Wildman–Crippen LogP) is 1.56. The van der Waals surface area contributed by atoms with Gasteiger partial charge in [-0.15, -0.1) is 0 Å². The molecular weight excluding hydrogens is 178 g/mol. The highest BCUT2D eigenvalue weighted by molar-refractivity contribution is 6.28. The standard InChI is InChI=1S/C6H2ClN5/c1-8-4-3-2-9-12-5(3)11-6(7)10-4/h2H,(H,9,10,11,12). The molecule has 6 heteroatoms. The normalized spacial score (nSPS) is 10.0. The summed E-state index contributed by atoms with van der Waals surface area (Å²) in [5.41, 5.74) is 0.487. The van der Waals surface area contributed by atoms with Crippen LogP contribution in [0.3, 0.4) is 0 Å². The van der Waals surface area contributed by atoms with Crippen LogP contribution in [0.4, 0.5) is 5.82 Å². The van der Waals surface area contributed by atoms with Crippen molar-refractivity contribution < 1.29 is 0 Å². The van der Waals surface area contributed by atoms with Crippen LogP contribution in [-0.4, -0.2) is 20.2 Å². The molecule has 0 aliphatic carbocycles. The number of aromatic nitrogens is 4. The SMILES string of the molecule is [C-]#[N+]c1nc(Cl)nc2[nH]ncc12. The van der Waals surface area contributed by atoms with Gasteiger partial charge in [0, 0.05) is 6.20 Å². The monoisotopic (exact) mass is 179 g/mol. The third kappa shape index (κ3) is 0.898. The number of nitrogens with zero attached hydrogens (tertiary/aromatic N) is 4. The maximum atomic E-state index is 6.80. The van der Waals surface area contributed by atoms with Gasteiger partial charge in [0.15, 0.2) is 5.65 Å². The number of hydrogen-bond donors (Lipinski definition) is 1. The summed E-state index contributed by atoms with van der Waals surface area (Å²) in [4.78, 5) is 10.8. The van der Waals surface area contributed by atoms with Crippen LogP contribution in [-0.2, 0) is 0 Å². The molecule has 0 saturated heterocycles. The summed E-state index contributed by atoms with van der Waals surface area (Å²) < 4.78 is 0. The van der Waals surface area contributed by atoms with Gasteiger partial charge in [0.25, 0.3) is 5.82 Å². The molecule has 0 saturated carbocycles. The summed E-state index contributed by atoms with van der Waals surface area (Å²) in [7, 11) is 0. The highest BCUT2D eigenvalue weighted by Crippen LogP contribution is 2.21. The van der Waals surface area contributed by atoms with E-state index in [2.05, 4.69) is 25.0 Å². The second kappa shape index (κ2) is 2.43. The van der Waals surface area contributed by atoms with E-state index < -0.39 is 0 Å². The van der Waals surface area contributed by atoms with Crippen molar-refractivity contribution in [2.45, 2.75) is 0 Å². The van der Waals surface area contributed by atoms with Gasteiger partial charge in [-0.25, -0.2) is 0 Å². The number of H-pyrrole nitrogens is 1. The highest BCUT2D eigenvalue weighted by Gasteiger charge is 2.08. The predicted molar refractivity (Wildman–Crippen MR) is 43.0 cm³/mol. The van der Waals surface area contributed by atoms with Gasteiger partial charge in [-0.05, 0) is 11.6 Å². The maximum absolute atomic E-state index is 6.80. The second-order valence-corrected chi connectivity index (χ2v) is 2.40. The molecule has 0 radical (unpaired) electrons. The van der Waals surface area contributed by atoms with E-state index in [0.717, 1.165) is 0 Å². The van der Waals surface area contributed by atoms with Gasteiger partial charge in [0.2, 0.25) is 0 Å². The molecule has 5 nitrogen and oxygen atoms in total. The number of halogens is 1. The summed E-state index contributed by atoms with van der Waals surface area (Å²) in [6.07, 6.45) is 1.50. The van der Waals surface area contributed by atoms with E-state index >= 15 is 0 Å². The number of fused-ring (bicyclic) bond motifs is 1. The third-order valence-corrected chi connectivity index (χ3v) is 1.54. The Balaban J connectivity index is 2.91. The lowest BCUT2D eigenvalue weighted by Crippen LogP contribution is -1.82. The summed E-state index contributed by atoms with van der Waals surface area (Å²) in [6, 6.07) is 0. The third-order valence-electron chi connectivity index (χ3n) is 1.37. The number of rotatable bonds is 0. The van der Waals surface area contributed by atoms with Crippen molar-refractivity contribution in [2.24, 2.45) is 0 Å². The van der Waals surface area contributed by atoms with Crippen LogP contribution in [0.5, 0.6) is 0 Å². The van der Waals surface area contributed by atoms with Crippen LogP contribution in [0.25, 0.3) is 15.9 Å². The first-order valence-electron chi connectivity index (χ1n) is 3.05. The van der Waals surface area contributed by atoms with E-state index in [-0.39, 0.29) is 11.1 Å². The van der Waals surface area contributed by atoms with Crippen molar-refractivity contribution in [3.8, 4) is 0 Å². The first-order chi connectivity index (χ1) is 5.81. The molecular formula is C6H2ClN5. The molecule has 2 heterocycles. The smallest absolute Gasteiger partial charge is 0.319 e. The highest BCUT2D eigenvalue weighted by atomic mass is 35.5. The first kappa shape index (κ1) is 7.00. The van der Waals surface area contributed by atoms with Crippen molar-refractivity contribution in [3.63, 3.8) is 0 Å². The van der Waals surface area contributed by atoms with E-state index in [1.54, 1.807) is 0 Å². The Hall–Kier alpha value is -1.67. The largest absolute Gasteiger partial charge is 0.360 e. The summed E-state index contributed by atoms with van der Waals surface area (Å²) in [5, 5.41) is 6.97. The maximum Gasteiger partial charge on any atom is 0.319 e. The van der Waals surface area contributed by atoms with Crippen molar-refractivity contribution in [2.75, 3.05) is 0 Å². The first-order valence-corrected chi connectivity index (χ1v) is 3.43. The van der Waals surface area contributed by atoms with E-state index in [1.807, 2.05) is 0 Å². The molecule has 2 aromatic heterocycles. The Morgan fingerprint density at radius 3 is 3.08 bits per heavy atom. The lowest BCUT2D eigenvalue weighted by Gasteiger charge is -1.89. The number of aromatic amines is 1. The minimum Gasteiger partial charge on any atom is -0.360 e. The van der Waals surface area contributed by atoms with Gasteiger partial charge >= 0.3 is 5.28 Å². The quantitative estimate of drug-likeness (QED) is 0.493. The molecule has 0 amide bonds. The molecule has 58 valence electrons. The zero-order valence-electron chi connectivity index (χ0n) is 5.74. The average Bonchev–Trinajstić information content (AvgIpc) is 2.50. The molecule has 0 spiro atoms. The molecule has 0 aliphatic heterocycles. The van der Waals surface area contributed by atoms with E-state index in [4.69, 9.17) is 18.2 Å². The molecule has 0 aliphatic rings. The molecule has 0 aromatic carbocycles. The van der Waals surface area contributed by atoms with Gasteiger partial charge in [-0.1, -0.05) is 11.6 Å². The molecule has 0 atom stereocenters. The van der Waals surface area contributed by atoms with Gasteiger partial charge in [0.1, 0.15) is 0 Å². The summed E-state index contributed by atoms with van der Waals surface area (Å²) in [5.74, 6) is 0.221. The lowest BCUT2D eigenvalue weighted by molar-refractivity contribution is 1.09. The minimum atomic E-state index is 0.0535. The van der Waals surface area contributed by atoms with Crippen LogP contribution >= 0.6 is 11.6 Å². The second-order valence-electron chi connectivity index (χ2n) is 2.06. The van der Waals surface area contributed by atoms with Gasteiger partial charge < -0.3 is 4.85 Å². The zero-order chi connectivity index (χ0) is 8.55. The molecule has 0 fully saturated rings. The molecule has 2 rings (SSSR count). The minimum absolute atomic E-state index is 0.0535. The molecule has 0 unspecified atom stereocenters. The summed E-state index contributed by atoms with van der Waals surface area (Å²) in [6.45, 7) is 6.80. The molecule has 0 bridgehead atoms. The van der Waals surface area contributed by atoms with Crippen LogP contribution in [0.15, 0.2) is 6.20 Å². The zero-order valence-corrected chi connectivity index (χ0v) is 6.50. The summed E-state index contributed by atoms with van der Waals surface area (Å²) >= 11 is 5.55. The Morgan fingerprint density at radius 2 is 2.33 bits per heavy atom. The van der Waals surface area contributed by atoms with Crippen molar-refractivity contribution in [1.82, 2.24) is 20.2 Å². The molecule has 2 aromatic rings. The van der Waals surface area contributed by atoms with Gasteiger partial charge in [-0.3, -0.25) is 5.10 Å². The van der Waals surface area contributed by atoms with Gasteiger partial charge in [0.05, 0.1) is 5.39 Å². The van der Waals surface area contributed by atoms with Gasteiger partial charge in [-0.2, -0.15) is 10.1 Å². The fourth-order valence-electron chi connectivity index (χ4n) is 0.878. The van der Waals surface area contributed by atoms with Crippen molar-refractivity contribution >= 4 is 28.5 Å².